The fourth-order valence-electron chi connectivity index (χ4n) is 1.09. The number of carbonyl (C=O) groups is 1. The number of rotatable bonds is 4. The molecule has 0 saturated heterocycles. The Hall–Kier alpha value is -1.31. The molecule has 80 valence electrons. The Kier molecular flexibility index (Phi) is 7.52. The van der Waals surface area contributed by atoms with Crippen molar-refractivity contribution >= 4 is 5.97 Å². The summed E-state index contributed by atoms with van der Waals surface area (Å²) in [5, 5.41) is 8.39. The summed E-state index contributed by atoms with van der Waals surface area (Å²) in [5.74, 6) is -0.717. The molecule has 0 radical (unpaired) electrons. The second-order valence-electron chi connectivity index (χ2n) is 2.73. The van der Waals surface area contributed by atoms with E-state index >= 15 is 0 Å². The van der Waals surface area contributed by atoms with Crippen LogP contribution in [-0.4, -0.2) is 11.1 Å². The van der Waals surface area contributed by atoms with E-state index in [1.807, 2.05) is 44.2 Å². The van der Waals surface area contributed by atoms with Crippen molar-refractivity contribution in [3.8, 4) is 0 Å². The first kappa shape index (κ1) is 12.7. The number of carboxylic acids is 1. The van der Waals surface area contributed by atoms with Crippen LogP contribution in [0.4, 0.5) is 0 Å². The van der Waals surface area contributed by atoms with Gasteiger partial charge in [-0.2, -0.15) is 0 Å². The lowest BCUT2D eigenvalue weighted by Gasteiger charge is -1.97. The molecule has 0 aliphatic rings. The standard InChI is InChI=1S/C10H12O2.C2H6.H2/c11-10(12)8-4-7-9-5-2-1-3-6-9;1-2;/h1-3,5-6H,4,7-8H2,(H,11,12);1-2H3;1H. The van der Waals surface area contributed by atoms with Crippen LogP contribution >= 0.6 is 0 Å². The smallest absolute Gasteiger partial charge is 0.303 e. The van der Waals surface area contributed by atoms with Crippen molar-refractivity contribution in [2.24, 2.45) is 0 Å². The van der Waals surface area contributed by atoms with Crippen molar-refractivity contribution in [2.45, 2.75) is 33.1 Å². The average Bonchev–Trinajstić information content (AvgIpc) is 2.22. The number of aliphatic carboxylic acids is 1. The first-order valence-corrected chi connectivity index (χ1v) is 5.05. The van der Waals surface area contributed by atoms with Crippen LogP contribution in [0.5, 0.6) is 0 Å². The molecule has 0 aliphatic carbocycles. The molecule has 1 rings (SSSR count). The van der Waals surface area contributed by atoms with Gasteiger partial charge in [-0.3, -0.25) is 4.79 Å². The molecule has 0 heterocycles. The molecule has 0 aliphatic heterocycles. The Morgan fingerprint density at radius 1 is 1.29 bits per heavy atom. The predicted octanol–water partition coefficient (Wildman–Crippen LogP) is 3.37. The van der Waals surface area contributed by atoms with E-state index in [4.69, 9.17) is 5.11 Å². The lowest BCUT2D eigenvalue weighted by molar-refractivity contribution is -0.137. The fraction of sp³-hybridized carbons (Fsp3) is 0.417. The quantitative estimate of drug-likeness (QED) is 0.801. The summed E-state index contributed by atoms with van der Waals surface area (Å²) >= 11 is 0. The Bertz CT molecular complexity index is 247. The van der Waals surface area contributed by atoms with Crippen LogP contribution in [0.25, 0.3) is 0 Å². The van der Waals surface area contributed by atoms with Crippen molar-refractivity contribution in [1.29, 1.82) is 0 Å². The van der Waals surface area contributed by atoms with Gasteiger partial charge in [0.25, 0.3) is 0 Å². The van der Waals surface area contributed by atoms with E-state index in [1.165, 1.54) is 5.56 Å². The zero-order valence-corrected chi connectivity index (χ0v) is 8.86. The Labute approximate surface area is 87.1 Å². The van der Waals surface area contributed by atoms with Crippen LogP contribution in [0.1, 0.15) is 33.7 Å². The minimum atomic E-state index is -0.717. The molecular weight excluding hydrogens is 176 g/mol. The van der Waals surface area contributed by atoms with Crippen LogP contribution < -0.4 is 0 Å². The second-order valence-corrected chi connectivity index (χ2v) is 2.73. The molecule has 0 saturated carbocycles. The van der Waals surface area contributed by atoms with Crippen molar-refractivity contribution in [3.63, 3.8) is 0 Å². The van der Waals surface area contributed by atoms with Crippen molar-refractivity contribution in [1.82, 2.24) is 0 Å². The number of hydrogen-bond acceptors (Lipinski definition) is 1. The van der Waals surface area contributed by atoms with E-state index in [0.717, 1.165) is 12.8 Å². The third kappa shape index (κ3) is 6.23. The monoisotopic (exact) mass is 196 g/mol. The number of aryl methyl sites for hydroxylation is 1. The molecule has 14 heavy (non-hydrogen) atoms. The van der Waals surface area contributed by atoms with E-state index in [-0.39, 0.29) is 7.85 Å². The molecule has 0 bridgehead atoms. The molecular formula is C12H20O2. The van der Waals surface area contributed by atoms with Crippen LogP contribution in [0.15, 0.2) is 30.3 Å². The predicted molar refractivity (Wildman–Crippen MR) is 60.5 cm³/mol. The Morgan fingerprint density at radius 3 is 2.36 bits per heavy atom. The summed E-state index contributed by atoms with van der Waals surface area (Å²) < 4.78 is 0. The lowest BCUT2D eigenvalue weighted by Crippen LogP contribution is -1.95. The van der Waals surface area contributed by atoms with Crippen molar-refractivity contribution < 1.29 is 11.3 Å². The van der Waals surface area contributed by atoms with Gasteiger partial charge in [0.05, 0.1) is 0 Å². The summed E-state index contributed by atoms with van der Waals surface area (Å²) in [6.45, 7) is 4.00. The lowest BCUT2D eigenvalue weighted by atomic mass is 10.1. The minimum Gasteiger partial charge on any atom is -0.481 e. The molecule has 1 N–H and O–H groups in total. The summed E-state index contributed by atoms with van der Waals surface area (Å²) in [6.07, 6.45) is 1.83. The SMILES string of the molecule is CC.O=C(O)CCCc1ccccc1.[HH]. The van der Waals surface area contributed by atoms with Gasteiger partial charge in [-0.05, 0) is 18.4 Å². The van der Waals surface area contributed by atoms with E-state index in [1.54, 1.807) is 0 Å². The van der Waals surface area contributed by atoms with Crippen molar-refractivity contribution in [2.75, 3.05) is 0 Å². The molecule has 0 amide bonds. The molecule has 2 heteroatoms. The zero-order chi connectivity index (χ0) is 10.8. The van der Waals surface area contributed by atoms with Crippen LogP contribution in [0, 0.1) is 0 Å². The van der Waals surface area contributed by atoms with Gasteiger partial charge in [-0.15, -0.1) is 0 Å². The Morgan fingerprint density at radius 2 is 1.86 bits per heavy atom. The van der Waals surface area contributed by atoms with Gasteiger partial charge >= 0.3 is 5.97 Å². The Balaban J connectivity index is 0. The highest BCUT2D eigenvalue weighted by atomic mass is 16.4. The molecule has 0 atom stereocenters. The number of carboxylic acid groups (broad SMARTS) is 1. The summed E-state index contributed by atoms with van der Waals surface area (Å²) in [5.41, 5.74) is 1.21. The van der Waals surface area contributed by atoms with Gasteiger partial charge in [0.15, 0.2) is 0 Å². The van der Waals surface area contributed by atoms with E-state index in [2.05, 4.69) is 0 Å². The van der Waals surface area contributed by atoms with Gasteiger partial charge in [0, 0.05) is 7.85 Å². The maximum Gasteiger partial charge on any atom is 0.303 e. The topological polar surface area (TPSA) is 37.3 Å². The summed E-state index contributed by atoms with van der Waals surface area (Å²) in [4.78, 5) is 10.2. The van der Waals surface area contributed by atoms with E-state index < -0.39 is 5.97 Å². The molecule has 0 unspecified atom stereocenters. The zero-order valence-electron chi connectivity index (χ0n) is 8.86. The van der Waals surface area contributed by atoms with E-state index in [0.29, 0.717) is 0 Å². The first-order chi connectivity index (χ1) is 6.79. The third-order valence-electron chi connectivity index (χ3n) is 1.70. The maximum absolute atomic E-state index is 10.2. The minimum absolute atomic E-state index is 0. The molecule has 1 aromatic carbocycles. The van der Waals surface area contributed by atoms with Gasteiger partial charge < -0.3 is 5.11 Å². The summed E-state index contributed by atoms with van der Waals surface area (Å²) in [7, 11) is 0. The van der Waals surface area contributed by atoms with Gasteiger partial charge in [-0.25, -0.2) is 0 Å². The fourth-order valence-corrected chi connectivity index (χ4v) is 1.09. The highest BCUT2D eigenvalue weighted by Gasteiger charge is 1.96. The maximum atomic E-state index is 10.2. The molecule has 0 aromatic heterocycles. The molecule has 2 nitrogen and oxygen atoms in total. The summed E-state index contributed by atoms with van der Waals surface area (Å²) in [6, 6.07) is 9.93. The molecule has 1 aromatic rings. The van der Waals surface area contributed by atoms with E-state index in [9.17, 15) is 4.79 Å². The van der Waals surface area contributed by atoms with Crippen LogP contribution in [0.2, 0.25) is 0 Å². The largest absolute Gasteiger partial charge is 0.481 e. The van der Waals surface area contributed by atoms with Gasteiger partial charge in [0.2, 0.25) is 0 Å². The van der Waals surface area contributed by atoms with Crippen LogP contribution in [-0.2, 0) is 11.2 Å². The normalized spacial score (nSPS) is 8.71. The number of hydrogen-bond donors (Lipinski definition) is 1. The molecule has 0 spiro atoms. The third-order valence-corrected chi connectivity index (χ3v) is 1.70. The highest BCUT2D eigenvalue weighted by molar-refractivity contribution is 5.66. The van der Waals surface area contributed by atoms with Crippen LogP contribution in [0.3, 0.4) is 0 Å². The van der Waals surface area contributed by atoms with Gasteiger partial charge in [0.1, 0.15) is 0 Å². The van der Waals surface area contributed by atoms with Crippen molar-refractivity contribution in [3.05, 3.63) is 35.9 Å². The molecule has 0 fully saturated rings. The number of benzene rings is 1. The first-order valence-electron chi connectivity index (χ1n) is 5.05. The second kappa shape index (κ2) is 8.30. The highest BCUT2D eigenvalue weighted by Crippen LogP contribution is 2.03. The average molecular weight is 196 g/mol. The van der Waals surface area contributed by atoms with Gasteiger partial charge in [-0.1, -0.05) is 44.2 Å².